The second kappa shape index (κ2) is 8.30. The zero-order valence-corrected chi connectivity index (χ0v) is 15.1. The van der Waals surface area contributed by atoms with Gasteiger partial charge in [-0.2, -0.15) is 13.2 Å². The zero-order valence-electron chi connectivity index (χ0n) is 14.2. The number of anilines is 1. The van der Waals surface area contributed by atoms with Crippen molar-refractivity contribution in [2.24, 2.45) is 0 Å². The zero-order chi connectivity index (χ0) is 20.2. The Hall–Kier alpha value is -2.75. The number of nitrogens with one attached hydrogen (secondary N) is 1. The molecule has 0 saturated heterocycles. The van der Waals surface area contributed by atoms with E-state index in [2.05, 4.69) is 5.32 Å². The van der Waals surface area contributed by atoms with Crippen LogP contribution in [0.15, 0.2) is 47.4 Å². The van der Waals surface area contributed by atoms with Crippen molar-refractivity contribution >= 4 is 29.0 Å². The van der Waals surface area contributed by atoms with Crippen molar-refractivity contribution in [3.8, 4) is 5.75 Å². The van der Waals surface area contributed by atoms with Gasteiger partial charge in [-0.3, -0.25) is 14.9 Å². The summed E-state index contributed by atoms with van der Waals surface area (Å²) >= 11 is 1.15. The maximum absolute atomic E-state index is 13.2. The van der Waals surface area contributed by atoms with Gasteiger partial charge in [0.2, 0.25) is 5.91 Å². The molecule has 0 heterocycles. The Morgan fingerprint density at radius 1 is 1.22 bits per heavy atom. The Labute approximate surface area is 156 Å². The minimum Gasteiger partial charge on any atom is -0.497 e. The number of amides is 1. The molecular formula is C17H15F3N2O4S. The van der Waals surface area contributed by atoms with E-state index in [1.807, 2.05) is 0 Å². The fourth-order valence-electron chi connectivity index (χ4n) is 2.14. The number of non-ortho nitro benzene ring substituents is 1. The molecule has 6 nitrogen and oxygen atoms in total. The molecule has 0 aliphatic heterocycles. The summed E-state index contributed by atoms with van der Waals surface area (Å²) in [5.41, 5.74) is -2.51. The predicted molar refractivity (Wildman–Crippen MR) is 95.0 cm³/mol. The molecule has 0 spiro atoms. The highest BCUT2D eigenvalue weighted by Gasteiger charge is 2.36. The van der Waals surface area contributed by atoms with Crippen LogP contribution in [0.25, 0.3) is 0 Å². The van der Waals surface area contributed by atoms with Crippen LogP contribution in [0.5, 0.6) is 5.75 Å². The van der Waals surface area contributed by atoms with E-state index in [-0.39, 0.29) is 0 Å². The lowest BCUT2D eigenvalue weighted by atomic mass is 10.1. The summed E-state index contributed by atoms with van der Waals surface area (Å²) in [5.74, 6) is -0.0210. The number of nitrogens with zero attached hydrogens (tertiary/aromatic N) is 1. The number of nitro groups is 1. The molecule has 0 bridgehead atoms. The summed E-state index contributed by atoms with van der Waals surface area (Å²) < 4.78 is 44.5. The van der Waals surface area contributed by atoms with Gasteiger partial charge in [-0.05, 0) is 37.3 Å². The summed E-state index contributed by atoms with van der Waals surface area (Å²) in [7, 11) is 1.51. The van der Waals surface area contributed by atoms with E-state index >= 15 is 0 Å². The maximum atomic E-state index is 13.2. The monoisotopic (exact) mass is 400 g/mol. The van der Waals surface area contributed by atoms with Crippen LogP contribution in [0.3, 0.4) is 0 Å². The van der Waals surface area contributed by atoms with Gasteiger partial charge in [0.25, 0.3) is 5.69 Å². The Kier molecular flexibility index (Phi) is 6.32. The van der Waals surface area contributed by atoms with Crippen LogP contribution in [0.4, 0.5) is 24.5 Å². The lowest BCUT2D eigenvalue weighted by Gasteiger charge is -2.16. The molecule has 1 atom stereocenters. The molecule has 0 radical (unpaired) electrons. The molecule has 0 saturated carbocycles. The largest absolute Gasteiger partial charge is 0.497 e. The van der Waals surface area contributed by atoms with E-state index in [1.165, 1.54) is 7.11 Å². The molecule has 0 aromatic heterocycles. The Morgan fingerprint density at radius 2 is 1.85 bits per heavy atom. The number of carbonyl (C=O) groups is 1. The smallest absolute Gasteiger partial charge is 0.418 e. The Morgan fingerprint density at radius 3 is 2.37 bits per heavy atom. The highest BCUT2D eigenvalue weighted by molar-refractivity contribution is 8.00. The summed E-state index contributed by atoms with van der Waals surface area (Å²) in [5, 5.41) is 12.2. The molecule has 0 unspecified atom stereocenters. The maximum Gasteiger partial charge on any atom is 0.418 e. The lowest BCUT2D eigenvalue weighted by Crippen LogP contribution is -2.24. The molecule has 0 aliphatic carbocycles. The Bertz CT molecular complexity index is 841. The average molecular weight is 400 g/mol. The number of nitro benzene ring substituents is 1. The van der Waals surface area contributed by atoms with Crippen molar-refractivity contribution in [2.75, 3.05) is 12.4 Å². The van der Waals surface area contributed by atoms with Crippen molar-refractivity contribution < 1.29 is 27.6 Å². The number of benzene rings is 2. The SMILES string of the molecule is COc1ccc(S[C@@H](C)C(=O)Nc2ccc([N+](=O)[O-])cc2C(F)(F)F)cc1. The van der Waals surface area contributed by atoms with Crippen LogP contribution in [-0.4, -0.2) is 23.2 Å². The van der Waals surface area contributed by atoms with Gasteiger partial charge in [0.1, 0.15) is 5.75 Å². The normalized spacial score (nSPS) is 12.3. The van der Waals surface area contributed by atoms with Gasteiger partial charge >= 0.3 is 6.18 Å². The highest BCUT2D eigenvalue weighted by Crippen LogP contribution is 2.37. The van der Waals surface area contributed by atoms with E-state index < -0.39 is 39.2 Å². The number of alkyl halides is 3. The van der Waals surface area contributed by atoms with E-state index in [0.717, 1.165) is 28.8 Å². The number of hydrogen-bond acceptors (Lipinski definition) is 5. The van der Waals surface area contributed by atoms with Crippen LogP contribution in [-0.2, 0) is 11.0 Å². The highest BCUT2D eigenvalue weighted by atomic mass is 32.2. The molecule has 2 aromatic rings. The topological polar surface area (TPSA) is 81.5 Å². The molecule has 1 N–H and O–H groups in total. The number of hydrogen-bond donors (Lipinski definition) is 1. The van der Waals surface area contributed by atoms with Gasteiger partial charge in [-0.1, -0.05) is 0 Å². The summed E-state index contributed by atoms with van der Waals surface area (Å²) in [6.07, 6.45) is -4.85. The number of rotatable bonds is 6. The van der Waals surface area contributed by atoms with E-state index in [9.17, 15) is 28.1 Å². The van der Waals surface area contributed by atoms with Crippen molar-refractivity contribution in [1.82, 2.24) is 0 Å². The summed E-state index contributed by atoms with van der Waals surface area (Å²) in [4.78, 5) is 22.8. The summed E-state index contributed by atoms with van der Waals surface area (Å²) in [6.45, 7) is 1.54. The first kappa shape index (κ1) is 20.6. The molecule has 0 aliphatic rings. The van der Waals surface area contributed by atoms with Crippen molar-refractivity contribution in [2.45, 2.75) is 23.2 Å². The van der Waals surface area contributed by atoms with E-state index in [1.54, 1.807) is 31.2 Å². The minimum absolute atomic E-state index is 0.400. The standard InChI is InChI=1S/C17H15F3N2O4S/c1-10(27-13-6-4-12(26-2)5-7-13)16(23)21-15-8-3-11(22(24)25)9-14(15)17(18,19)20/h3-10H,1-2H3,(H,21,23)/t10-/m0/s1. The molecule has 0 fully saturated rings. The molecule has 2 rings (SSSR count). The number of methoxy groups -OCH3 is 1. The van der Waals surface area contributed by atoms with E-state index in [0.29, 0.717) is 11.8 Å². The first-order valence-corrected chi connectivity index (χ1v) is 8.47. The van der Waals surface area contributed by atoms with Crippen LogP contribution in [0.2, 0.25) is 0 Å². The van der Waals surface area contributed by atoms with Crippen LogP contribution in [0.1, 0.15) is 12.5 Å². The van der Waals surface area contributed by atoms with Gasteiger partial charge in [-0.15, -0.1) is 11.8 Å². The van der Waals surface area contributed by atoms with Gasteiger partial charge in [0.15, 0.2) is 0 Å². The fourth-order valence-corrected chi connectivity index (χ4v) is 3.00. The van der Waals surface area contributed by atoms with Crippen molar-refractivity contribution in [1.29, 1.82) is 0 Å². The number of ether oxygens (including phenoxy) is 1. The van der Waals surface area contributed by atoms with Gasteiger partial charge in [0.05, 0.1) is 28.5 Å². The third kappa shape index (κ3) is 5.36. The molecule has 2 aromatic carbocycles. The van der Waals surface area contributed by atoms with Gasteiger partial charge in [-0.25, -0.2) is 0 Å². The second-order valence-electron chi connectivity index (χ2n) is 5.41. The summed E-state index contributed by atoms with van der Waals surface area (Å²) in [6, 6.07) is 9.03. The molecule has 27 heavy (non-hydrogen) atoms. The van der Waals surface area contributed by atoms with Crippen molar-refractivity contribution in [3.05, 3.63) is 58.1 Å². The number of thioether (sulfide) groups is 1. The number of carbonyl (C=O) groups excluding carboxylic acids is 1. The first-order chi connectivity index (χ1) is 12.6. The fraction of sp³-hybridized carbons (Fsp3) is 0.235. The molecule has 10 heteroatoms. The third-order valence-corrected chi connectivity index (χ3v) is 4.63. The lowest BCUT2D eigenvalue weighted by molar-refractivity contribution is -0.385. The molecule has 1 amide bonds. The van der Waals surface area contributed by atoms with Gasteiger partial charge in [0, 0.05) is 17.0 Å². The van der Waals surface area contributed by atoms with Crippen LogP contribution >= 0.6 is 11.8 Å². The van der Waals surface area contributed by atoms with Crippen molar-refractivity contribution in [3.63, 3.8) is 0 Å². The minimum atomic E-state index is -4.85. The first-order valence-electron chi connectivity index (χ1n) is 7.59. The molecule has 144 valence electrons. The van der Waals surface area contributed by atoms with Crippen LogP contribution in [0, 0.1) is 10.1 Å². The van der Waals surface area contributed by atoms with E-state index in [4.69, 9.17) is 4.74 Å². The third-order valence-electron chi connectivity index (χ3n) is 3.52. The quantitative estimate of drug-likeness (QED) is 0.430. The second-order valence-corrected chi connectivity index (χ2v) is 6.82. The van der Waals surface area contributed by atoms with Crippen LogP contribution < -0.4 is 10.1 Å². The molecular weight excluding hydrogens is 385 g/mol. The average Bonchev–Trinajstić information content (AvgIpc) is 2.61. The predicted octanol–water partition coefficient (Wildman–Crippen LogP) is 4.74. The number of halogens is 3. The van der Waals surface area contributed by atoms with Gasteiger partial charge < -0.3 is 10.1 Å². The Balaban J connectivity index is 2.17.